The largest absolute Gasteiger partial charge is 0.434 e. The first kappa shape index (κ1) is 16.0. The van der Waals surface area contributed by atoms with Crippen molar-refractivity contribution < 1.29 is 17.7 Å². The van der Waals surface area contributed by atoms with Crippen molar-refractivity contribution in [3.63, 3.8) is 0 Å². The van der Waals surface area contributed by atoms with Crippen LogP contribution in [0.5, 0.6) is 0 Å². The van der Waals surface area contributed by atoms with Crippen molar-refractivity contribution in [2.45, 2.75) is 46.0 Å². The fraction of sp³-hybridized carbons (Fsp3) is 0.600. The number of halogens is 3. The second kappa shape index (κ2) is 5.99. The smallest absolute Gasteiger partial charge is 0.361 e. The molecule has 8 heteroatoms. The van der Waals surface area contributed by atoms with Crippen molar-refractivity contribution in [2.24, 2.45) is 5.92 Å². The molecule has 1 aliphatic rings. The molecular formula is C15H19F3N4O. The molecule has 2 aromatic heterocycles. The number of hydrogen-bond donors (Lipinski definition) is 1. The van der Waals surface area contributed by atoms with Crippen molar-refractivity contribution in [3.05, 3.63) is 34.7 Å². The van der Waals surface area contributed by atoms with E-state index in [4.69, 9.17) is 4.52 Å². The van der Waals surface area contributed by atoms with Gasteiger partial charge in [0.25, 0.3) is 0 Å². The second-order valence-electron chi connectivity index (χ2n) is 6.03. The fourth-order valence-electron chi connectivity index (χ4n) is 2.97. The minimum absolute atomic E-state index is 0.290. The van der Waals surface area contributed by atoms with Crippen LogP contribution in [0.15, 0.2) is 10.7 Å². The predicted molar refractivity (Wildman–Crippen MR) is 76.7 cm³/mol. The van der Waals surface area contributed by atoms with Gasteiger partial charge in [-0.05, 0) is 32.7 Å². The summed E-state index contributed by atoms with van der Waals surface area (Å²) in [4.78, 5) is 3.70. The second-order valence-corrected chi connectivity index (χ2v) is 6.03. The van der Waals surface area contributed by atoms with E-state index in [1.807, 2.05) is 13.8 Å². The van der Waals surface area contributed by atoms with Gasteiger partial charge in [0.05, 0.1) is 5.69 Å². The third-order valence-electron chi connectivity index (χ3n) is 4.30. The molecular weight excluding hydrogens is 309 g/mol. The van der Waals surface area contributed by atoms with E-state index in [0.29, 0.717) is 31.3 Å². The van der Waals surface area contributed by atoms with Crippen molar-refractivity contribution >= 4 is 0 Å². The number of alkyl halides is 3. The Balaban J connectivity index is 1.57. The van der Waals surface area contributed by atoms with Gasteiger partial charge in [-0.15, -0.1) is 0 Å². The normalized spacial score (nSPS) is 18.2. The van der Waals surface area contributed by atoms with E-state index in [1.165, 1.54) is 0 Å². The van der Waals surface area contributed by atoms with Crippen LogP contribution in [0.3, 0.4) is 0 Å². The summed E-state index contributed by atoms with van der Waals surface area (Å²) in [6, 6.07) is 0. The molecule has 23 heavy (non-hydrogen) atoms. The topological polar surface area (TPSA) is 55.9 Å². The number of imidazole rings is 1. The van der Waals surface area contributed by atoms with Crippen LogP contribution >= 0.6 is 0 Å². The lowest BCUT2D eigenvalue weighted by atomic mass is 9.99. The summed E-state index contributed by atoms with van der Waals surface area (Å²) in [6.07, 6.45) is -1.84. The minimum atomic E-state index is -4.37. The van der Waals surface area contributed by atoms with Crippen molar-refractivity contribution in [1.82, 2.24) is 20.0 Å². The van der Waals surface area contributed by atoms with E-state index in [2.05, 4.69) is 15.5 Å². The first-order chi connectivity index (χ1) is 10.8. The molecule has 0 bridgehead atoms. The van der Waals surface area contributed by atoms with Gasteiger partial charge >= 0.3 is 6.18 Å². The Labute approximate surface area is 131 Å². The van der Waals surface area contributed by atoms with Crippen molar-refractivity contribution in [2.75, 3.05) is 6.54 Å². The molecule has 1 N–H and O–H groups in total. The zero-order chi connectivity index (χ0) is 16.6. The number of aromatic nitrogens is 3. The lowest BCUT2D eigenvalue weighted by molar-refractivity contribution is -0.141. The Bertz CT molecular complexity index is 670. The van der Waals surface area contributed by atoms with Gasteiger partial charge in [0, 0.05) is 31.3 Å². The van der Waals surface area contributed by atoms with Gasteiger partial charge in [0.2, 0.25) is 0 Å². The third-order valence-corrected chi connectivity index (χ3v) is 4.30. The molecule has 126 valence electrons. The third kappa shape index (κ3) is 3.41. The number of hydrogen-bond acceptors (Lipinski definition) is 4. The lowest BCUT2D eigenvalue weighted by Crippen LogP contribution is -2.29. The van der Waals surface area contributed by atoms with Gasteiger partial charge in [-0.2, -0.15) is 13.2 Å². The first-order valence-corrected chi connectivity index (χ1v) is 7.60. The molecule has 3 heterocycles. The molecule has 2 aromatic rings. The Kier molecular flexibility index (Phi) is 4.18. The number of nitrogens with zero attached hydrogens (tertiary/aromatic N) is 3. The molecule has 3 rings (SSSR count). The highest BCUT2D eigenvalue weighted by Gasteiger charge is 2.35. The lowest BCUT2D eigenvalue weighted by Gasteiger charge is -2.23. The highest BCUT2D eigenvalue weighted by atomic mass is 19.4. The van der Waals surface area contributed by atoms with Gasteiger partial charge in [0.1, 0.15) is 11.6 Å². The van der Waals surface area contributed by atoms with E-state index in [-0.39, 0.29) is 0 Å². The average molecular weight is 328 g/mol. The molecule has 1 aliphatic heterocycles. The van der Waals surface area contributed by atoms with Crippen LogP contribution in [0.2, 0.25) is 0 Å². The molecule has 0 unspecified atom stereocenters. The number of nitrogens with one attached hydrogen (secondary N) is 1. The fourth-order valence-corrected chi connectivity index (χ4v) is 2.97. The van der Waals surface area contributed by atoms with Crippen molar-refractivity contribution in [3.8, 4) is 0 Å². The summed E-state index contributed by atoms with van der Waals surface area (Å²) in [6.45, 7) is 5.72. The van der Waals surface area contributed by atoms with Crippen LogP contribution in [0.1, 0.15) is 35.0 Å². The monoisotopic (exact) mass is 328 g/mol. The first-order valence-electron chi connectivity index (χ1n) is 7.60. The van der Waals surface area contributed by atoms with E-state index in [1.54, 1.807) is 4.57 Å². The number of rotatable bonds is 4. The van der Waals surface area contributed by atoms with Gasteiger partial charge < -0.3 is 14.4 Å². The van der Waals surface area contributed by atoms with E-state index in [9.17, 15) is 13.2 Å². The standard InChI is InChI=1S/C15H19F3N4O/c1-9-12(10(2)23-21-9)6-19-5-11-3-4-14-20-13(15(16,17)18)8-22(14)7-11/h8,11,19H,3-7H2,1-2H3/t11-/m1/s1. The van der Waals surface area contributed by atoms with Crippen LogP contribution in [-0.2, 0) is 25.7 Å². The molecule has 0 aliphatic carbocycles. The molecule has 0 aromatic carbocycles. The number of aryl methyl sites for hydroxylation is 3. The summed E-state index contributed by atoms with van der Waals surface area (Å²) < 4.78 is 44.9. The zero-order valence-electron chi connectivity index (χ0n) is 13.1. The summed E-state index contributed by atoms with van der Waals surface area (Å²) in [5, 5.41) is 7.25. The highest BCUT2D eigenvalue weighted by molar-refractivity contribution is 5.20. The van der Waals surface area contributed by atoms with Gasteiger partial charge in [-0.3, -0.25) is 0 Å². The van der Waals surface area contributed by atoms with E-state index in [0.717, 1.165) is 36.2 Å². The van der Waals surface area contributed by atoms with Gasteiger partial charge in [-0.1, -0.05) is 5.16 Å². The molecule has 0 saturated heterocycles. The Morgan fingerprint density at radius 1 is 1.39 bits per heavy atom. The maximum atomic E-state index is 12.7. The Morgan fingerprint density at radius 3 is 2.83 bits per heavy atom. The van der Waals surface area contributed by atoms with Crippen LogP contribution in [0.25, 0.3) is 0 Å². The molecule has 0 saturated carbocycles. The summed E-state index contributed by atoms with van der Waals surface area (Å²) in [5.74, 6) is 1.61. The van der Waals surface area contributed by atoms with E-state index < -0.39 is 11.9 Å². The maximum Gasteiger partial charge on any atom is 0.434 e. The van der Waals surface area contributed by atoms with Gasteiger partial charge in [0.15, 0.2) is 5.69 Å². The molecule has 0 spiro atoms. The summed E-state index contributed by atoms with van der Waals surface area (Å²) in [7, 11) is 0. The van der Waals surface area contributed by atoms with Crippen LogP contribution in [-0.4, -0.2) is 21.3 Å². The van der Waals surface area contributed by atoms with Crippen molar-refractivity contribution in [1.29, 1.82) is 0 Å². The van der Waals surface area contributed by atoms with Crippen LogP contribution in [0.4, 0.5) is 13.2 Å². The quantitative estimate of drug-likeness (QED) is 0.938. The Morgan fingerprint density at radius 2 is 2.17 bits per heavy atom. The molecule has 0 amide bonds. The van der Waals surface area contributed by atoms with Crippen LogP contribution < -0.4 is 5.32 Å². The molecule has 0 fully saturated rings. The predicted octanol–water partition coefficient (Wildman–Crippen LogP) is 2.86. The summed E-state index contributed by atoms with van der Waals surface area (Å²) >= 11 is 0. The molecule has 1 atom stereocenters. The molecule has 5 nitrogen and oxygen atoms in total. The Hall–Kier alpha value is -1.83. The summed E-state index contributed by atoms with van der Waals surface area (Å²) in [5.41, 5.74) is 1.12. The molecule has 0 radical (unpaired) electrons. The zero-order valence-corrected chi connectivity index (χ0v) is 13.1. The van der Waals surface area contributed by atoms with Gasteiger partial charge in [-0.25, -0.2) is 4.98 Å². The minimum Gasteiger partial charge on any atom is -0.361 e. The highest BCUT2D eigenvalue weighted by Crippen LogP contribution is 2.30. The SMILES string of the molecule is Cc1noc(C)c1CNC[C@H]1CCc2nc(C(F)(F)F)cn2C1. The van der Waals surface area contributed by atoms with E-state index >= 15 is 0 Å². The maximum absolute atomic E-state index is 12.7. The number of fused-ring (bicyclic) bond motifs is 1. The van der Waals surface area contributed by atoms with Crippen LogP contribution in [0, 0.1) is 19.8 Å². The average Bonchev–Trinajstić information content (AvgIpc) is 3.04.